The Balaban J connectivity index is 2.52. The number of aromatic nitrogens is 1. The molecule has 0 saturated heterocycles. The van der Waals surface area contributed by atoms with Gasteiger partial charge in [0.15, 0.2) is 0 Å². The van der Waals surface area contributed by atoms with Crippen molar-refractivity contribution in [2.75, 3.05) is 7.11 Å². The van der Waals surface area contributed by atoms with E-state index in [9.17, 15) is 9.90 Å². The highest BCUT2D eigenvalue weighted by Gasteiger charge is 2.22. The zero-order chi connectivity index (χ0) is 15.6. The van der Waals surface area contributed by atoms with Gasteiger partial charge in [-0.3, -0.25) is 0 Å². The molecule has 0 bridgehead atoms. The van der Waals surface area contributed by atoms with E-state index in [1.165, 1.54) is 0 Å². The molecule has 0 saturated carbocycles. The van der Waals surface area contributed by atoms with Gasteiger partial charge < -0.3 is 14.3 Å². The number of hydrogen-bond acceptors (Lipinski definition) is 4. The highest BCUT2D eigenvalue weighted by Crippen LogP contribution is 2.32. The van der Waals surface area contributed by atoms with Crippen LogP contribution in [0.5, 0.6) is 5.75 Å². The summed E-state index contributed by atoms with van der Waals surface area (Å²) in [7, 11) is 1.56. The minimum absolute atomic E-state index is 0.103. The second-order valence-electron chi connectivity index (χ2n) is 5.04. The number of carboxylic acids is 1. The lowest BCUT2D eigenvalue weighted by atomic mass is 10.1. The van der Waals surface area contributed by atoms with Crippen molar-refractivity contribution in [2.45, 2.75) is 20.3 Å². The maximum atomic E-state index is 11.3. The maximum Gasteiger partial charge on any atom is 0.373 e. The van der Waals surface area contributed by atoms with Gasteiger partial charge in [0.1, 0.15) is 5.75 Å². The Kier molecular flexibility index (Phi) is 4.67. The molecule has 0 radical (unpaired) electrons. The fourth-order valence-corrected chi connectivity index (χ4v) is 2.37. The van der Waals surface area contributed by atoms with Crippen molar-refractivity contribution in [1.82, 2.24) is 4.98 Å². The van der Waals surface area contributed by atoms with Crippen molar-refractivity contribution in [3.05, 3.63) is 34.1 Å². The van der Waals surface area contributed by atoms with Crippen LogP contribution < -0.4 is 4.74 Å². The van der Waals surface area contributed by atoms with Gasteiger partial charge >= 0.3 is 5.97 Å². The number of halogens is 1. The summed E-state index contributed by atoms with van der Waals surface area (Å²) in [5, 5.41) is 9.24. The van der Waals surface area contributed by atoms with Gasteiger partial charge in [-0.2, -0.15) is 0 Å². The summed E-state index contributed by atoms with van der Waals surface area (Å²) in [4.78, 5) is 15.6. The largest absolute Gasteiger partial charge is 0.497 e. The molecule has 0 unspecified atom stereocenters. The van der Waals surface area contributed by atoms with E-state index in [0.29, 0.717) is 23.4 Å². The summed E-state index contributed by atoms with van der Waals surface area (Å²) in [6.07, 6.45) is 0.548. The first-order valence-corrected chi connectivity index (χ1v) is 7.28. The number of carbonyl (C=O) groups is 1. The average Bonchev–Trinajstić information content (AvgIpc) is 2.82. The lowest BCUT2D eigenvalue weighted by molar-refractivity contribution is 0.0661. The van der Waals surface area contributed by atoms with Crippen LogP contribution >= 0.6 is 15.9 Å². The van der Waals surface area contributed by atoms with Crippen LogP contribution in [-0.2, 0) is 6.42 Å². The second kappa shape index (κ2) is 6.30. The maximum absolute atomic E-state index is 11.3. The Morgan fingerprint density at radius 1 is 1.48 bits per heavy atom. The van der Waals surface area contributed by atoms with Gasteiger partial charge in [-0.05, 0) is 46.5 Å². The molecule has 0 atom stereocenters. The van der Waals surface area contributed by atoms with Crippen LogP contribution in [0.4, 0.5) is 0 Å². The van der Waals surface area contributed by atoms with Crippen LogP contribution in [0.2, 0.25) is 0 Å². The number of aromatic carboxylic acids is 1. The van der Waals surface area contributed by atoms with Crippen LogP contribution in [0.3, 0.4) is 0 Å². The van der Waals surface area contributed by atoms with E-state index in [2.05, 4.69) is 20.9 Å². The molecule has 112 valence electrons. The van der Waals surface area contributed by atoms with E-state index in [1.807, 2.05) is 13.8 Å². The standard InChI is InChI=1S/C15H16BrNO4/c1-8(2)6-12-13(15(18)19)21-14(17-12)10-7-9(20-3)4-5-11(10)16/h4-5,7-8H,6H2,1-3H3,(H,18,19). The molecule has 0 amide bonds. The quantitative estimate of drug-likeness (QED) is 0.878. The SMILES string of the molecule is COc1ccc(Br)c(-c2nc(CC(C)C)c(C(=O)O)o2)c1. The summed E-state index contributed by atoms with van der Waals surface area (Å²) in [5.74, 6) is -0.00542. The number of carboxylic acid groups (broad SMARTS) is 1. The van der Waals surface area contributed by atoms with Crippen molar-refractivity contribution >= 4 is 21.9 Å². The van der Waals surface area contributed by atoms with Crippen molar-refractivity contribution in [1.29, 1.82) is 0 Å². The molecule has 1 aromatic heterocycles. The predicted octanol–water partition coefficient (Wildman–Crippen LogP) is 4.01. The van der Waals surface area contributed by atoms with E-state index in [-0.39, 0.29) is 17.6 Å². The van der Waals surface area contributed by atoms with E-state index in [1.54, 1.807) is 25.3 Å². The van der Waals surface area contributed by atoms with Crippen molar-refractivity contribution in [3.8, 4) is 17.2 Å². The molecular formula is C15H16BrNO4. The highest BCUT2D eigenvalue weighted by atomic mass is 79.9. The van der Waals surface area contributed by atoms with E-state index in [4.69, 9.17) is 9.15 Å². The summed E-state index contributed by atoms with van der Waals surface area (Å²) < 4.78 is 11.4. The van der Waals surface area contributed by atoms with Crippen LogP contribution in [0.15, 0.2) is 27.1 Å². The molecule has 5 nitrogen and oxygen atoms in total. The lowest BCUT2D eigenvalue weighted by Crippen LogP contribution is -2.03. The lowest BCUT2D eigenvalue weighted by Gasteiger charge is -2.03. The predicted molar refractivity (Wildman–Crippen MR) is 81.7 cm³/mol. The number of oxazole rings is 1. The van der Waals surface area contributed by atoms with Gasteiger partial charge in [0.05, 0.1) is 18.4 Å². The van der Waals surface area contributed by atoms with Crippen LogP contribution in [0.25, 0.3) is 11.5 Å². The van der Waals surface area contributed by atoms with Crippen LogP contribution in [-0.4, -0.2) is 23.2 Å². The number of hydrogen-bond donors (Lipinski definition) is 1. The van der Waals surface area contributed by atoms with Gasteiger partial charge in [-0.25, -0.2) is 9.78 Å². The second-order valence-corrected chi connectivity index (χ2v) is 5.90. The topological polar surface area (TPSA) is 72.6 Å². The highest BCUT2D eigenvalue weighted by molar-refractivity contribution is 9.10. The molecule has 2 rings (SSSR count). The van der Waals surface area contributed by atoms with Gasteiger partial charge in [0.25, 0.3) is 0 Å². The number of nitrogens with zero attached hydrogens (tertiary/aromatic N) is 1. The summed E-state index contributed by atoms with van der Waals surface area (Å²) in [5.41, 5.74) is 1.12. The minimum atomic E-state index is -1.11. The molecule has 0 aliphatic rings. The fraction of sp³-hybridized carbons (Fsp3) is 0.333. The zero-order valence-corrected chi connectivity index (χ0v) is 13.6. The Labute approximate surface area is 131 Å². The molecule has 21 heavy (non-hydrogen) atoms. The van der Waals surface area contributed by atoms with Gasteiger partial charge in [0, 0.05) is 4.47 Å². The van der Waals surface area contributed by atoms with Crippen LogP contribution in [0.1, 0.15) is 30.1 Å². The van der Waals surface area contributed by atoms with E-state index in [0.717, 1.165) is 4.47 Å². The minimum Gasteiger partial charge on any atom is -0.497 e. The monoisotopic (exact) mass is 353 g/mol. The molecule has 1 N–H and O–H groups in total. The number of benzene rings is 1. The Bertz CT molecular complexity index is 664. The first-order valence-electron chi connectivity index (χ1n) is 6.49. The van der Waals surface area contributed by atoms with Gasteiger partial charge in [-0.1, -0.05) is 13.8 Å². The smallest absolute Gasteiger partial charge is 0.373 e. The summed E-state index contributed by atoms with van der Waals surface area (Å²) in [6, 6.07) is 5.35. The molecule has 0 fully saturated rings. The van der Waals surface area contributed by atoms with Gasteiger partial charge in [-0.15, -0.1) is 0 Å². The molecule has 0 aliphatic heterocycles. The van der Waals surface area contributed by atoms with E-state index < -0.39 is 5.97 Å². The van der Waals surface area contributed by atoms with E-state index >= 15 is 0 Å². The molecule has 0 aliphatic carbocycles. The third-order valence-corrected chi connectivity index (χ3v) is 3.59. The molecule has 0 spiro atoms. The van der Waals surface area contributed by atoms with Crippen LogP contribution in [0, 0.1) is 5.92 Å². The number of methoxy groups -OCH3 is 1. The summed E-state index contributed by atoms with van der Waals surface area (Å²) in [6.45, 7) is 4.00. The van der Waals surface area contributed by atoms with Crippen molar-refractivity contribution < 1.29 is 19.1 Å². The third-order valence-electron chi connectivity index (χ3n) is 2.90. The fourth-order valence-electron chi connectivity index (χ4n) is 1.95. The number of ether oxygens (including phenoxy) is 1. The third kappa shape index (κ3) is 3.44. The normalized spacial score (nSPS) is 10.9. The molecule has 1 heterocycles. The average molecular weight is 354 g/mol. The Hall–Kier alpha value is -1.82. The first kappa shape index (κ1) is 15.6. The van der Waals surface area contributed by atoms with Crippen molar-refractivity contribution in [3.63, 3.8) is 0 Å². The number of rotatable bonds is 5. The Morgan fingerprint density at radius 2 is 2.19 bits per heavy atom. The molecule has 2 aromatic rings. The molecule has 6 heteroatoms. The molecular weight excluding hydrogens is 338 g/mol. The Morgan fingerprint density at radius 3 is 2.76 bits per heavy atom. The summed E-state index contributed by atoms with van der Waals surface area (Å²) >= 11 is 3.42. The van der Waals surface area contributed by atoms with Gasteiger partial charge in [0.2, 0.25) is 11.7 Å². The first-order chi connectivity index (χ1) is 9.92. The molecule has 1 aromatic carbocycles. The zero-order valence-electron chi connectivity index (χ0n) is 12.0. The van der Waals surface area contributed by atoms with Crippen molar-refractivity contribution in [2.24, 2.45) is 5.92 Å².